The molecule has 0 unspecified atom stereocenters. The lowest BCUT2D eigenvalue weighted by molar-refractivity contribution is 0.290. The average molecular weight is 274 g/mol. The standard InChI is InChI=1S/C11H16O2.C6H6O/c1-2-3-6-9-13-11-8-5-4-7-10(11)12;7-6-4-2-1-3-5-6/h4-5,7-8,12H,2-3,6,9H2,1H3;1-5,7H. The van der Waals surface area contributed by atoms with Crippen LogP contribution in [0.25, 0.3) is 0 Å². The van der Waals surface area contributed by atoms with Crippen molar-refractivity contribution in [1.29, 1.82) is 0 Å². The van der Waals surface area contributed by atoms with E-state index in [1.807, 2.05) is 12.1 Å². The molecule has 0 aliphatic heterocycles. The molecule has 0 atom stereocenters. The van der Waals surface area contributed by atoms with Crippen LogP contribution in [-0.4, -0.2) is 16.8 Å². The summed E-state index contributed by atoms with van der Waals surface area (Å²) in [5.74, 6) is 1.13. The molecule has 0 aliphatic rings. The van der Waals surface area contributed by atoms with Gasteiger partial charge in [0.15, 0.2) is 11.5 Å². The first-order valence-corrected chi connectivity index (χ1v) is 6.89. The largest absolute Gasteiger partial charge is 0.508 e. The number of phenols is 2. The molecule has 0 bridgehead atoms. The molecule has 3 nitrogen and oxygen atoms in total. The van der Waals surface area contributed by atoms with Gasteiger partial charge in [0, 0.05) is 0 Å². The van der Waals surface area contributed by atoms with E-state index in [9.17, 15) is 5.11 Å². The normalized spacial score (nSPS) is 9.45. The topological polar surface area (TPSA) is 49.7 Å². The van der Waals surface area contributed by atoms with Crippen molar-refractivity contribution in [2.45, 2.75) is 26.2 Å². The van der Waals surface area contributed by atoms with Crippen molar-refractivity contribution in [3.05, 3.63) is 54.6 Å². The number of aromatic hydroxyl groups is 2. The monoisotopic (exact) mass is 274 g/mol. The summed E-state index contributed by atoms with van der Waals surface area (Å²) in [4.78, 5) is 0. The number of hydrogen-bond donors (Lipinski definition) is 2. The second kappa shape index (κ2) is 9.73. The number of unbranched alkanes of at least 4 members (excludes halogenated alkanes) is 2. The zero-order valence-electron chi connectivity index (χ0n) is 11.8. The summed E-state index contributed by atoms with van der Waals surface area (Å²) in [6, 6.07) is 15.8. The van der Waals surface area contributed by atoms with Crippen molar-refractivity contribution < 1.29 is 14.9 Å². The highest BCUT2D eigenvalue weighted by molar-refractivity contribution is 5.37. The molecule has 0 radical (unpaired) electrons. The first kappa shape index (κ1) is 15.9. The van der Waals surface area contributed by atoms with Crippen molar-refractivity contribution in [3.63, 3.8) is 0 Å². The van der Waals surface area contributed by atoms with E-state index in [4.69, 9.17) is 9.84 Å². The Bertz CT molecular complexity index is 469. The Morgan fingerprint density at radius 2 is 1.50 bits per heavy atom. The van der Waals surface area contributed by atoms with E-state index >= 15 is 0 Å². The lowest BCUT2D eigenvalue weighted by Crippen LogP contribution is -1.96. The quantitative estimate of drug-likeness (QED) is 0.797. The second-order valence-corrected chi connectivity index (χ2v) is 4.36. The smallest absolute Gasteiger partial charge is 0.160 e. The predicted molar refractivity (Wildman–Crippen MR) is 81.2 cm³/mol. The Labute approximate surface area is 120 Å². The van der Waals surface area contributed by atoms with Gasteiger partial charge in [0.1, 0.15) is 5.75 Å². The first-order valence-electron chi connectivity index (χ1n) is 6.89. The maximum absolute atomic E-state index is 9.34. The lowest BCUT2D eigenvalue weighted by atomic mass is 10.3. The van der Waals surface area contributed by atoms with Crippen LogP contribution in [0.15, 0.2) is 54.6 Å². The van der Waals surface area contributed by atoms with Crippen LogP contribution in [0.1, 0.15) is 26.2 Å². The molecule has 2 aromatic rings. The zero-order chi connectivity index (χ0) is 14.6. The number of benzene rings is 2. The van der Waals surface area contributed by atoms with Gasteiger partial charge in [-0.15, -0.1) is 0 Å². The molecule has 3 heteroatoms. The minimum atomic E-state index is 0.221. The summed E-state index contributed by atoms with van der Waals surface area (Å²) < 4.78 is 5.39. The van der Waals surface area contributed by atoms with Crippen LogP contribution in [0, 0.1) is 0 Å². The number of rotatable bonds is 5. The van der Waals surface area contributed by atoms with Crippen LogP contribution in [0.5, 0.6) is 17.2 Å². The highest BCUT2D eigenvalue weighted by Crippen LogP contribution is 2.24. The molecule has 2 N–H and O–H groups in total. The highest BCUT2D eigenvalue weighted by Gasteiger charge is 1.98. The van der Waals surface area contributed by atoms with E-state index in [1.54, 1.807) is 42.5 Å². The van der Waals surface area contributed by atoms with Gasteiger partial charge in [-0.1, -0.05) is 50.1 Å². The Morgan fingerprint density at radius 3 is 2.05 bits per heavy atom. The average Bonchev–Trinajstić information content (AvgIpc) is 2.47. The molecule has 0 saturated heterocycles. The number of phenolic OH excluding ortho intramolecular Hbond substituents is 2. The molecule has 0 amide bonds. The fourth-order valence-corrected chi connectivity index (χ4v) is 1.54. The maximum Gasteiger partial charge on any atom is 0.160 e. The third kappa shape index (κ3) is 6.69. The minimum absolute atomic E-state index is 0.221. The summed E-state index contributed by atoms with van der Waals surface area (Å²) in [5.41, 5.74) is 0. The summed E-state index contributed by atoms with van der Waals surface area (Å²) >= 11 is 0. The molecule has 108 valence electrons. The third-order valence-electron chi connectivity index (χ3n) is 2.63. The van der Waals surface area contributed by atoms with Crippen LogP contribution in [-0.2, 0) is 0 Å². The van der Waals surface area contributed by atoms with Gasteiger partial charge < -0.3 is 14.9 Å². The maximum atomic E-state index is 9.34. The van der Waals surface area contributed by atoms with Gasteiger partial charge in [-0.3, -0.25) is 0 Å². The predicted octanol–water partition coefficient (Wildman–Crippen LogP) is 4.35. The summed E-state index contributed by atoms with van der Waals surface area (Å²) in [5, 5.41) is 18.0. The van der Waals surface area contributed by atoms with Gasteiger partial charge in [-0.05, 0) is 30.7 Å². The van der Waals surface area contributed by atoms with Gasteiger partial charge in [0.2, 0.25) is 0 Å². The van der Waals surface area contributed by atoms with E-state index in [2.05, 4.69) is 6.92 Å². The minimum Gasteiger partial charge on any atom is -0.508 e. The molecular formula is C17H22O3. The van der Waals surface area contributed by atoms with Crippen molar-refractivity contribution in [3.8, 4) is 17.2 Å². The van der Waals surface area contributed by atoms with Crippen molar-refractivity contribution in [2.24, 2.45) is 0 Å². The zero-order valence-corrected chi connectivity index (χ0v) is 11.8. The van der Waals surface area contributed by atoms with Crippen LogP contribution in [0.2, 0.25) is 0 Å². The van der Waals surface area contributed by atoms with Crippen LogP contribution < -0.4 is 4.74 Å². The molecule has 0 aliphatic carbocycles. The molecule has 2 aromatic carbocycles. The fraction of sp³-hybridized carbons (Fsp3) is 0.294. The summed E-state index contributed by atoms with van der Waals surface area (Å²) in [6.45, 7) is 2.84. The Hall–Kier alpha value is -2.16. The molecule has 0 fully saturated rings. The molecule has 2 rings (SSSR count). The van der Waals surface area contributed by atoms with E-state index in [-0.39, 0.29) is 5.75 Å². The van der Waals surface area contributed by atoms with Gasteiger partial charge >= 0.3 is 0 Å². The first-order chi connectivity index (χ1) is 9.74. The van der Waals surface area contributed by atoms with Crippen molar-refractivity contribution in [1.82, 2.24) is 0 Å². The van der Waals surface area contributed by atoms with E-state index < -0.39 is 0 Å². The van der Waals surface area contributed by atoms with Gasteiger partial charge in [0.25, 0.3) is 0 Å². The molecule has 0 spiro atoms. The third-order valence-corrected chi connectivity index (χ3v) is 2.63. The van der Waals surface area contributed by atoms with Crippen molar-refractivity contribution in [2.75, 3.05) is 6.61 Å². The molecular weight excluding hydrogens is 252 g/mol. The van der Waals surface area contributed by atoms with Gasteiger partial charge in [-0.2, -0.15) is 0 Å². The Kier molecular flexibility index (Phi) is 7.73. The van der Waals surface area contributed by atoms with Crippen molar-refractivity contribution >= 4 is 0 Å². The SMILES string of the molecule is CCCCCOc1ccccc1O.Oc1ccccc1. The number of para-hydroxylation sites is 3. The van der Waals surface area contributed by atoms with Gasteiger partial charge in [0.05, 0.1) is 6.61 Å². The lowest BCUT2D eigenvalue weighted by Gasteiger charge is -2.06. The Balaban J connectivity index is 0.000000240. The van der Waals surface area contributed by atoms with Crippen LogP contribution in [0.3, 0.4) is 0 Å². The fourth-order valence-electron chi connectivity index (χ4n) is 1.54. The van der Waals surface area contributed by atoms with E-state index in [1.165, 1.54) is 12.8 Å². The molecule has 0 aromatic heterocycles. The molecule has 0 saturated carbocycles. The number of ether oxygens (including phenoxy) is 1. The molecule has 20 heavy (non-hydrogen) atoms. The summed E-state index contributed by atoms with van der Waals surface area (Å²) in [7, 11) is 0. The molecule has 0 heterocycles. The van der Waals surface area contributed by atoms with Crippen LogP contribution in [0.4, 0.5) is 0 Å². The summed E-state index contributed by atoms with van der Waals surface area (Å²) in [6.07, 6.45) is 3.41. The van der Waals surface area contributed by atoms with Gasteiger partial charge in [-0.25, -0.2) is 0 Å². The Morgan fingerprint density at radius 1 is 0.850 bits per heavy atom. The highest BCUT2D eigenvalue weighted by atomic mass is 16.5. The second-order valence-electron chi connectivity index (χ2n) is 4.36. The van der Waals surface area contributed by atoms with E-state index in [0.717, 1.165) is 6.42 Å². The van der Waals surface area contributed by atoms with E-state index in [0.29, 0.717) is 18.1 Å². The number of hydrogen-bond acceptors (Lipinski definition) is 3. The van der Waals surface area contributed by atoms with Crippen LogP contribution >= 0.6 is 0 Å².